The lowest BCUT2D eigenvalue weighted by Crippen LogP contribution is -2.21. The summed E-state index contributed by atoms with van der Waals surface area (Å²) in [6.45, 7) is 7.60. The van der Waals surface area contributed by atoms with Gasteiger partial charge in [-0.3, -0.25) is 14.2 Å². The summed E-state index contributed by atoms with van der Waals surface area (Å²) in [5, 5.41) is 12.8. The summed E-state index contributed by atoms with van der Waals surface area (Å²) >= 11 is 14.5. The van der Waals surface area contributed by atoms with E-state index in [0.717, 1.165) is 23.1 Å². The van der Waals surface area contributed by atoms with Crippen LogP contribution in [0.3, 0.4) is 0 Å². The topological polar surface area (TPSA) is 116 Å². The van der Waals surface area contributed by atoms with Crippen LogP contribution in [0.2, 0.25) is 10.0 Å². The molecule has 0 aliphatic heterocycles. The number of methoxy groups -OCH3 is 1. The van der Waals surface area contributed by atoms with Gasteiger partial charge < -0.3 is 19.7 Å². The maximum absolute atomic E-state index is 12.9. The second-order valence-electron chi connectivity index (χ2n) is 8.36. The molecule has 14 heteroatoms. The van der Waals surface area contributed by atoms with Crippen molar-refractivity contribution in [2.45, 2.75) is 31.7 Å². The molecule has 1 unspecified atom stereocenters. The van der Waals surface area contributed by atoms with E-state index in [1.54, 1.807) is 56.8 Å². The number of nitrogens with one attached hydrogen (secondary N) is 1. The third kappa shape index (κ3) is 7.13. The maximum Gasteiger partial charge on any atom is 0.341 e. The van der Waals surface area contributed by atoms with E-state index in [-0.39, 0.29) is 22.2 Å². The SMILES string of the molecule is C=CCn1c(SCC(=O)Nc2sc(C(=O)N(C)C)c(C)c2C(=O)OC)nnc1C(C)Oc1cc(Cl)ccc1Cl. The Labute approximate surface area is 244 Å². The highest BCUT2D eigenvalue weighted by Crippen LogP contribution is 2.35. The number of thiophene rings is 1. The third-order valence-electron chi connectivity index (χ3n) is 5.34. The van der Waals surface area contributed by atoms with Gasteiger partial charge in [0, 0.05) is 31.7 Å². The van der Waals surface area contributed by atoms with Crippen molar-refractivity contribution in [1.82, 2.24) is 19.7 Å². The number of anilines is 1. The molecule has 0 aliphatic rings. The number of benzene rings is 1. The van der Waals surface area contributed by atoms with E-state index in [1.807, 2.05) is 0 Å². The van der Waals surface area contributed by atoms with Crippen LogP contribution in [0.1, 0.15) is 44.4 Å². The number of thioether (sulfide) groups is 1. The molecule has 1 N–H and O–H groups in total. The predicted molar refractivity (Wildman–Crippen MR) is 153 cm³/mol. The van der Waals surface area contributed by atoms with Crippen molar-refractivity contribution in [3.8, 4) is 5.75 Å². The first-order valence-corrected chi connectivity index (χ1v) is 14.1. The highest BCUT2D eigenvalue weighted by Gasteiger charge is 2.27. The van der Waals surface area contributed by atoms with Crippen LogP contribution in [0, 0.1) is 6.92 Å². The van der Waals surface area contributed by atoms with Crippen molar-refractivity contribution in [1.29, 1.82) is 0 Å². The number of esters is 1. The zero-order chi connectivity index (χ0) is 28.9. The lowest BCUT2D eigenvalue weighted by atomic mass is 10.1. The van der Waals surface area contributed by atoms with Gasteiger partial charge in [-0.15, -0.1) is 28.1 Å². The second kappa shape index (κ2) is 13.3. The number of rotatable bonds is 11. The van der Waals surface area contributed by atoms with Crippen LogP contribution in [-0.2, 0) is 16.1 Å². The number of carbonyl (C=O) groups is 3. The molecule has 2 heterocycles. The van der Waals surface area contributed by atoms with Crippen molar-refractivity contribution >= 4 is 69.1 Å². The standard InChI is InChI=1S/C25H27Cl2N5O5S2/c1-7-10-32-21(14(3)37-17-11-15(26)8-9-16(17)27)29-30-25(32)38-12-18(33)28-22-19(24(35)36-6)13(2)20(39-22)23(34)31(4)5/h7-9,11,14H,1,10,12H2,2-6H3,(H,28,33). The van der Waals surface area contributed by atoms with Gasteiger partial charge in [0.1, 0.15) is 10.8 Å². The Morgan fingerprint density at radius 1 is 1.28 bits per heavy atom. The zero-order valence-corrected chi connectivity index (χ0v) is 25.1. The summed E-state index contributed by atoms with van der Waals surface area (Å²) in [6.07, 6.45) is 1.14. The molecule has 2 aromatic heterocycles. The molecular weight excluding hydrogens is 585 g/mol. The van der Waals surface area contributed by atoms with Crippen molar-refractivity contribution in [3.63, 3.8) is 0 Å². The highest BCUT2D eigenvalue weighted by atomic mass is 35.5. The van der Waals surface area contributed by atoms with Gasteiger partial charge in [-0.25, -0.2) is 4.79 Å². The van der Waals surface area contributed by atoms with E-state index < -0.39 is 18.0 Å². The Morgan fingerprint density at radius 3 is 2.64 bits per heavy atom. The summed E-state index contributed by atoms with van der Waals surface area (Å²) in [4.78, 5) is 39.6. The number of amides is 2. The number of nitrogens with zero attached hydrogens (tertiary/aromatic N) is 4. The quantitative estimate of drug-likeness (QED) is 0.172. The summed E-state index contributed by atoms with van der Waals surface area (Å²) in [5.41, 5.74) is 0.589. The fraction of sp³-hybridized carbons (Fsp3) is 0.320. The van der Waals surface area contributed by atoms with Crippen molar-refractivity contribution < 1.29 is 23.9 Å². The van der Waals surface area contributed by atoms with Crippen LogP contribution < -0.4 is 10.1 Å². The van der Waals surface area contributed by atoms with Crippen LogP contribution in [-0.4, -0.2) is 64.4 Å². The number of hydrogen-bond acceptors (Lipinski definition) is 9. The van der Waals surface area contributed by atoms with E-state index in [1.165, 1.54) is 12.0 Å². The minimum atomic E-state index is -0.645. The molecule has 0 fully saturated rings. The van der Waals surface area contributed by atoms with E-state index in [0.29, 0.717) is 43.8 Å². The predicted octanol–water partition coefficient (Wildman–Crippen LogP) is 5.50. The minimum absolute atomic E-state index is 0.0425. The van der Waals surface area contributed by atoms with Crippen molar-refractivity contribution in [2.75, 3.05) is 32.3 Å². The number of hydrogen-bond donors (Lipinski definition) is 1. The van der Waals surface area contributed by atoms with Crippen LogP contribution in [0.5, 0.6) is 5.75 Å². The molecule has 1 aromatic carbocycles. The Hall–Kier alpha value is -3.06. The normalized spacial score (nSPS) is 11.6. The smallest absolute Gasteiger partial charge is 0.341 e. The molecule has 2 amide bonds. The summed E-state index contributed by atoms with van der Waals surface area (Å²) in [5.74, 6) is -0.466. The molecule has 208 valence electrons. The molecule has 0 spiro atoms. The molecule has 10 nitrogen and oxygen atoms in total. The Kier molecular flexibility index (Phi) is 10.4. The van der Waals surface area contributed by atoms with Gasteiger partial charge in [0.2, 0.25) is 5.91 Å². The number of halogens is 2. The molecule has 1 atom stereocenters. The van der Waals surface area contributed by atoms with Gasteiger partial charge in [0.15, 0.2) is 17.1 Å². The molecule has 3 rings (SSSR count). The van der Waals surface area contributed by atoms with Crippen LogP contribution in [0.25, 0.3) is 0 Å². The molecule has 0 saturated heterocycles. The van der Waals surface area contributed by atoms with Crippen LogP contribution in [0.4, 0.5) is 5.00 Å². The number of ether oxygens (including phenoxy) is 2. The highest BCUT2D eigenvalue weighted by molar-refractivity contribution is 7.99. The van der Waals surface area contributed by atoms with Gasteiger partial charge in [-0.05, 0) is 31.5 Å². The van der Waals surface area contributed by atoms with E-state index in [9.17, 15) is 14.4 Å². The first kappa shape index (κ1) is 30.5. The minimum Gasteiger partial charge on any atom is -0.481 e. The van der Waals surface area contributed by atoms with Gasteiger partial charge in [0.05, 0.1) is 28.3 Å². The van der Waals surface area contributed by atoms with Crippen LogP contribution in [0.15, 0.2) is 36.0 Å². The molecule has 0 aliphatic carbocycles. The average molecular weight is 613 g/mol. The largest absolute Gasteiger partial charge is 0.481 e. The molecular formula is C25H27Cl2N5O5S2. The Balaban J connectivity index is 1.77. The molecule has 0 saturated carbocycles. The lowest BCUT2D eigenvalue weighted by molar-refractivity contribution is -0.113. The fourth-order valence-electron chi connectivity index (χ4n) is 3.47. The van der Waals surface area contributed by atoms with Crippen molar-refractivity contribution in [2.24, 2.45) is 0 Å². The zero-order valence-electron chi connectivity index (χ0n) is 21.9. The van der Waals surface area contributed by atoms with Gasteiger partial charge in [-0.2, -0.15) is 0 Å². The molecule has 39 heavy (non-hydrogen) atoms. The third-order valence-corrected chi connectivity index (χ3v) is 8.05. The number of carbonyl (C=O) groups excluding carboxylic acids is 3. The fourth-order valence-corrected chi connectivity index (χ4v) is 5.78. The summed E-state index contributed by atoms with van der Waals surface area (Å²) in [7, 11) is 4.46. The first-order valence-electron chi connectivity index (χ1n) is 11.5. The van der Waals surface area contributed by atoms with Crippen LogP contribution >= 0.6 is 46.3 Å². The summed E-state index contributed by atoms with van der Waals surface area (Å²) < 4.78 is 12.6. The van der Waals surface area contributed by atoms with E-state index in [2.05, 4.69) is 22.1 Å². The Morgan fingerprint density at radius 2 is 2.00 bits per heavy atom. The summed E-state index contributed by atoms with van der Waals surface area (Å²) in [6, 6.07) is 4.91. The lowest BCUT2D eigenvalue weighted by Gasteiger charge is -2.16. The Bertz CT molecular complexity index is 1410. The number of aromatic nitrogens is 3. The van der Waals surface area contributed by atoms with Gasteiger partial charge >= 0.3 is 5.97 Å². The van der Waals surface area contributed by atoms with Gasteiger partial charge in [-0.1, -0.05) is 41.0 Å². The van der Waals surface area contributed by atoms with Gasteiger partial charge in [0.25, 0.3) is 5.91 Å². The first-order chi connectivity index (χ1) is 18.5. The molecule has 3 aromatic rings. The monoisotopic (exact) mass is 611 g/mol. The maximum atomic E-state index is 12.9. The molecule has 0 radical (unpaired) electrons. The average Bonchev–Trinajstić information content (AvgIpc) is 3.44. The second-order valence-corrected chi connectivity index (χ2v) is 11.2. The van der Waals surface area contributed by atoms with E-state index in [4.69, 9.17) is 32.7 Å². The van der Waals surface area contributed by atoms with Crippen molar-refractivity contribution in [3.05, 3.63) is 62.7 Å². The number of allylic oxidation sites excluding steroid dienone is 1. The van der Waals surface area contributed by atoms with E-state index >= 15 is 0 Å². The molecule has 0 bridgehead atoms.